The summed E-state index contributed by atoms with van der Waals surface area (Å²) in [6, 6.07) is 7.50. The molecule has 1 aromatic carbocycles. The Morgan fingerprint density at radius 1 is 1.29 bits per heavy atom. The minimum Gasteiger partial charge on any atom is -0.486 e. The van der Waals surface area contributed by atoms with Gasteiger partial charge in [-0.25, -0.2) is 4.39 Å². The zero-order chi connectivity index (χ0) is 15.4. The normalized spacial score (nSPS) is 11.1. The van der Waals surface area contributed by atoms with Gasteiger partial charge in [0.25, 0.3) is 0 Å². The summed E-state index contributed by atoms with van der Waals surface area (Å²) < 4.78 is 25.1. The number of hydrogen-bond acceptors (Lipinski definition) is 3. The summed E-state index contributed by atoms with van der Waals surface area (Å²) in [7, 11) is 0. The van der Waals surface area contributed by atoms with Gasteiger partial charge in [-0.3, -0.25) is 0 Å². The van der Waals surface area contributed by atoms with Crippen LogP contribution in [0.3, 0.4) is 0 Å². The summed E-state index contributed by atoms with van der Waals surface area (Å²) in [5.41, 5.74) is 1.52. The van der Waals surface area contributed by atoms with Gasteiger partial charge in [0.05, 0.1) is 6.54 Å². The zero-order valence-corrected chi connectivity index (χ0v) is 13.0. The average molecular weight is 291 g/mol. The maximum Gasteiger partial charge on any atom is 0.167 e. The van der Waals surface area contributed by atoms with E-state index in [1.807, 2.05) is 13.0 Å². The highest BCUT2D eigenvalue weighted by Crippen LogP contribution is 2.22. The van der Waals surface area contributed by atoms with Crippen molar-refractivity contribution >= 4 is 0 Å². The van der Waals surface area contributed by atoms with Crippen LogP contribution >= 0.6 is 0 Å². The first-order valence-electron chi connectivity index (χ1n) is 7.17. The van der Waals surface area contributed by atoms with Gasteiger partial charge < -0.3 is 14.5 Å². The smallest absolute Gasteiger partial charge is 0.167 e. The highest BCUT2D eigenvalue weighted by molar-refractivity contribution is 5.30. The summed E-state index contributed by atoms with van der Waals surface area (Å²) in [4.78, 5) is 0. The van der Waals surface area contributed by atoms with Crippen LogP contribution < -0.4 is 10.1 Å². The second kappa shape index (κ2) is 6.76. The first kappa shape index (κ1) is 15.6. The molecular weight excluding hydrogens is 269 g/mol. The standard InChI is InChI=1S/C17H22FNO2/c1-11(2)19-9-15-8-14(13(4)21-15)10-20-16-7-5-6-12(3)17(16)18/h5-8,11,19H,9-10H2,1-4H3. The van der Waals surface area contributed by atoms with Crippen molar-refractivity contribution in [2.45, 2.75) is 46.9 Å². The number of rotatable bonds is 6. The molecule has 2 aromatic rings. The van der Waals surface area contributed by atoms with E-state index in [4.69, 9.17) is 9.15 Å². The Balaban J connectivity index is 2.01. The SMILES string of the molecule is Cc1cccc(OCc2cc(CNC(C)C)oc2C)c1F. The highest BCUT2D eigenvalue weighted by Gasteiger charge is 2.11. The number of halogens is 1. The van der Waals surface area contributed by atoms with E-state index in [0.29, 0.717) is 24.8 Å². The van der Waals surface area contributed by atoms with Gasteiger partial charge >= 0.3 is 0 Å². The molecule has 0 fully saturated rings. The van der Waals surface area contributed by atoms with Crippen LogP contribution in [0.25, 0.3) is 0 Å². The van der Waals surface area contributed by atoms with E-state index >= 15 is 0 Å². The molecule has 1 heterocycles. The third kappa shape index (κ3) is 4.08. The molecule has 0 atom stereocenters. The van der Waals surface area contributed by atoms with Gasteiger partial charge in [-0.15, -0.1) is 0 Å². The van der Waals surface area contributed by atoms with E-state index in [0.717, 1.165) is 17.1 Å². The van der Waals surface area contributed by atoms with Crippen LogP contribution in [0, 0.1) is 19.7 Å². The predicted octanol–water partition coefficient (Wildman–Crippen LogP) is 4.11. The van der Waals surface area contributed by atoms with Gasteiger partial charge in [0, 0.05) is 11.6 Å². The average Bonchev–Trinajstić information content (AvgIpc) is 2.79. The topological polar surface area (TPSA) is 34.4 Å². The second-order valence-electron chi connectivity index (χ2n) is 5.51. The van der Waals surface area contributed by atoms with Crippen molar-refractivity contribution < 1.29 is 13.5 Å². The van der Waals surface area contributed by atoms with Crippen LogP contribution in [0.1, 0.15) is 36.5 Å². The molecule has 3 nitrogen and oxygen atoms in total. The van der Waals surface area contributed by atoms with Crippen LogP contribution in [0.2, 0.25) is 0 Å². The molecule has 0 unspecified atom stereocenters. The minimum absolute atomic E-state index is 0.275. The summed E-state index contributed by atoms with van der Waals surface area (Å²) in [6.45, 7) is 8.76. The van der Waals surface area contributed by atoms with Crippen molar-refractivity contribution in [1.29, 1.82) is 0 Å². The number of hydrogen-bond donors (Lipinski definition) is 1. The number of furan rings is 1. The van der Waals surface area contributed by atoms with Gasteiger partial charge in [0.1, 0.15) is 18.1 Å². The Morgan fingerprint density at radius 2 is 2.05 bits per heavy atom. The van der Waals surface area contributed by atoms with Crippen LogP contribution in [-0.2, 0) is 13.2 Å². The number of benzene rings is 1. The first-order valence-corrected chi connectivity index (χ1v) is 7.17. The van der Waals surface area contributed by atoms with Crippen molar-refractivity contribution in [2.24, 2.45) is 0 Å². The lowest BCUT2D eigenvalue weighted by atomic mass is 10.2. The Bertz CT molecular complexity index is 605. The van der Waals surface area contributed by atoms with E-state index in [1.165, 1.54) is 0 Å². The van der Waals surface area contributed by atoms with Crippen molar-refractivity contribution in [3.05, 3.63) is 52.7 Å². The van der Waals surface area contributed by atoms with Gasteiger partial charge in [-0.1, -0.05) is 26.0 Å². The minimum atomic E-state index is -0.305. The fourth-order valence-corrected chi connectivity index (χ4v) is 2.01. The lowest BCUT2D eigenvalue weighted by Crippen LogP contribution is -2.21. The number of ether oxygens (including phenoxy) is 1. The first-order chi connectivity index (χ1) is 9.97. The maximum atomic E-state index is 13.9. The molecule has 0 aliphatic heterocycles. The van der Waals surface area contributed by atoms with Crippen molar-refractivity contribution in [2.75, 3.05) is 0 Å². The lowest BCUT2D eigenvalue weighted by molar-refractivity contribution is 0.287. The molecule has 0 amide bonds. The Labute approximate surface area is 125 Å². The third-order valence-corrected chi connectivity index (χ3v) is 3.30. The van der Waals surface area contributed by atoms with Gasteiger partial charge in [0.15, 0.2) is 11.6 Å². The molecule has 1 N–H and O–H groups in total. The number of aryl methyl sites for hydroxylation is 2. The van der Waals surface area contributed by atoms with Crippen LogP contribution in [0.15, 0.2) is 28.7 Å². The van der Waals surface area contributed by atoms with E-state index < -0.39 is 0 Å². The Morgan fingerprint density at radius 3 is 2.76 bits per heavy atom. The lowest BCUT2D eigenvalue weighted by Gasteiger charge is -2.07. The fourth-order valence-electron chi connectivity index (χ4n) is 2.01. The summed E-state index contributed by atoms with van der Waals surface area (Å²) in [6.07, 6.45) is 0. The Kier molecular flexibility index (Phi) is 5.02. The van der Waals surface area contributed by atoms with E-state index in [2.05, 4.69) is 19.2 Å². The summed E-state index contributed by atoms with van der Waals surface area (Å²) >= 11 is 0. The molecule has 0 saturated carbocycles. The van der Waals surface area contributed by atoms with Crippen LogP contribution in [-0.4, -0.2) is 6.04 Å². The third-order valence-electron chi connectivity index (χ3n) is 3.30. The second-order valence-corrected chi connectivity index (χ2v) is 5.51. The molecule has 4 heteroatoms. The molecule has 114 valence electrons. The molecule has 1 aromatic heterocycles. The molecule has 0 saturated heterocycles. The van der Waals surface area contributed by atoms with E-state index in [9.17, 15) is 4.39 Å². The summed E-state index contributed by atoms with van der Waals surface area (Å²) in [5.74, 6) is 1.64. The van der Waals surface area contributed by atoms with Crippen molar-refractivity contribution in [3.8, 4) is 5.75 Å². The molecule has 0 bridgehead atoms. The Hall–Kier alpha value is -1.81. The molecular formula is C17H22FNO2. The van der Waals surface area contributed by atoms with Gasteiger partial charge in [-0.05, 0) is 31.5 Å². The number of nitrogens with one attached hydrogen (secondary N) is 1. The highest BCUT2D eigenvalue weighted by atomic mass is 19.1. The molecule has 21 heavy (non-hydrogen) atoms. The van der Waals surface area contributed by atoms with Gasteiger partial charge in [0.2, 0.25) is 0 Å². The monoisotopic (exact) mass is 291 g/mol. The maximum absolute atomic E-state index is 13.9. The zero-order valence-electron chi connectivity index (χ0n) is 13.0. The quantitative estimate of drug-likeness (QED) is 0.869. The largest absolute Gasteiger partial charge is 0.486 e. The van der Waals surface area contributed by atoms with Crippen molar-refractivity contribution in [1.82, 2.24) is 5.32 Å². The molecule has 2 rings (SSSR count). The molecule has 0 radical (unpaired) electrons. The van der Waals surface area contributed by atoms with Crippen LogP contribution in [0.4, 0.5) is 4.39 Å². The van der Waals surface area contributed by atoms with Crippen LogP contribution in [0.5, 0.6) is 5.75 Å². The van der Waals surface area contributed by atoms with E-state index in [1.54, 1.807) is 25.1 Å². The molecule has 0 aliphatic rings. The summed E-state index contributed by atoms with van der Waals surface area (Å²) in [5, 5.41) is 3.30. The molecule has 0 aliphatic carbocycles. The fraction of sp³-hybridized carbons (Fsp3) is 0.412. The predicted molar refractivity (Wildman–Crippen MR) is 80.9 cm³/mol. The van der Waals surface area contributed by atoms with Gasteiger partial charge in [-0.2, -0.15) is 0 Å². The molecule has 0 spiro atoms. The van der Waals surface area contributed by atoms with E-state index in [-0.39, 0.29) is 11.6 Å². The van der Waals surface area contributed by atoms with Crippen molar-refractivity contribution in [3.63, 3.8) is 0 Å².